The lowest BCUT2D eigenvalue weighted by Gasteiger charge is -2.24. The third-order valence-electron chi connectivity index (χ3n) is 4.00. The van der Waals surface area contributed by atoms with Gasteiger partial charge in [-0.3, -0.25) is 0 Å². The number of nitrogens with one attached hydrogen (secondary N) is 1. The first-order valence-corrected chi connectivity index (χ1v) is 9.30. The Morgan fingerprint density at radius 1 is 1.25 bits per heavy atom. The quantitative estimate of drug-likeness (QED) is 0.859. The zero-order valence-corrected chi connectivity index (χ0v) is 14.0. The van der Waals surface area contributed by atoms with Gasteiger partial charge in [0.05, 0.1) is 5.02 Å². The minimum Gasteiger partial charge on any atom is -0.310 e. The molecule has 0 aromatic heterocycles. The number of fused-ring (bicyclic) bond motifs is 2. The maximum atomic E-state index is 12.8. The van der Waals surface area contributed by atoms with E-state index >= 15 is 0 Å². The number of benzene rings is 1. The summed E-state index contributed by atoms with van der Waals surface area (Å²) in [5.41, 5.74) is 0. The van der Waals surface area contributed by atoms with Gasteiger partial charge in [0.15, 0.2) is 0 Å². The van der Waals surface area contributed by atoms with Crippen molar-refractivity contribution in [2.24, 2.45) is 0 Å². The summed E-state index contributed by atoms with van der Waals surface area (Å²) in [5, 5.41) is 3.75. The highest BCUT2D eigenvalue weighted by Crippen LogP contribution is 2.33. The lowest BCUT2D eigenvalue weighted by molar-refractivity contribution is 0.383. The van der Waals surface area contributed by atoms with Gasteiger partial charge in [-0.05, 0) is 47.3 Å². The number of rotatable bonds is 2. The van der Waals surface area contributed by atoms with Crippen molar-refractivity contribution >= 4 is 37.6 Å². The van der Waals surface area contributed by atoms with E-state index in [9.17, 15) is 8.42 Å². The minimum absolute atomic E-state index is 0.180. The Bertz CT molecular complexity index is 603. The highest BCUT2D eigenvalue weighted by molar-refractivity contribution is 9.10. The molecule has 7 heteroatoms. The lowest BCUT2D eigenvalue weighted by atomic mass is 10.1. The maximum absolute atomic E-state index is 12.8. The van der Waals surface area contributed by atoms with Crippen molar-refractivity contribution in [3.8, 4) is 0 Å². The van der Waals surface area contributed by atoms with Crippen LogP contribution in [-0.4, -0.2) is 37.9 Å². The van der Waals surface area contributed by atoms with Crippen LogP contribution in [0.15, 0.2) is 27.6 Å². The summed E-state index contributed by atoms with van der Waals surface area (Å²) in [5.74, 6) is 0. The van der Waals surface area contributed by atoms with Crippen molar-refractivity contribution in [2.75, 3.05) is 13.1 Å². The molecule has 0 amide bonds. The fourth-order valence-corrected chi connectivity index (χ4v) is 6.16. The second kappa shape index (κ2) is 5.57. The van der Waals surface area contributed by atoms with E-state index in [1.165, 1.54) is 0 Å². The van der Waals surface area contributed by atoms with Crippen molar-refractivity contribution in [3.63, 3.8) is 0 Å². The molecule has 0 spiro atoms. The third-order valence-corrected chi connectivity index (χ3v) is 7.32. The predicted molar refractivity (Wildman–Crippen MR) is 82.5 cm³/mol. The summed E-state index contributed by atoms with van der Waals surface area (Å²) in [4.78, 5) is 0.180. The highest BCUT2D eigenvalue weighted by atomic mass is 79.9. The zero-order chi connectivity index (χ0) is 14.3. The Labute approximate surface area is 132 Å². The average molecular weight is 380 g/mol. The van der Waals surface area contributed by atoms with E-state index < -0.39 is 10.0 Å². The van der Waals surface area contributed by atoms with Crippen molar-refractivity contribution < 1.29 is 8.42 Å². The van der Waals surface area contributed by atoms with E-state index in [0.29, 0.717) is 23.6 Å². The fraction of sp³-hybridized carbons (Fsp3) is 0.538. The third kappa shape index (κ3) is 2.64. The molecule has 0 aliphatic carbocycles. The topological polar surface area (TPSA) is 49.4 Å². The zero-order valence-electron chi connectivity index (χ0n) is 10.9. The summed E-state index contributed by atoms with van der Waals surface area (Å²) < 4.78 is 27.8. The predicted octanol–water partition coefficient (Wildman–Crippen LogP) is 2.62. The summed E-state index contributed by atoms with van der Waals surface area (Å²) >= 11 is 9.41. The molecule has 2 aliphatic rings. The van der Waals surface area contributed by atoms with Crippen LogP contribution in [0, 0.1) is 0 Å². The molecule has 0 saturated carbocycles. The molecule has 20 heavy (non-hydrogen) atoms. The van der Waals surface area contributed by atoms with Gasteiger partial charge in [-0.15, -0.1) is 0 Å². The minimum atomic E-state index is -3.55. The van der Waals surface area contributed by atoms with Crippen LogP contribution in [0.4, 0.5) is 0 Å². The smallest absolute Gasteiger partial charge is 0.245 e. The van der Waals surface area contributed by atoms with E-state index in [2.05, 4.69) is 21.2 Å². The summed E-state index contributed by atoms with van der Waals surface area (Å²) in [6.45, 7) is 1.07. The largest absolute Gasteiger partial charge is 0.310 e. The molecule has 2 fully saturated rings. The molecule has 4 nitrogen and oxygen atoms in total. The second-order valence-corrected chi connectivity index (χ2v) is 8.48. The second-order valence-electron chi connectivity index (χ2n) is 5.34. The monoisotopic (exact) mass is 378 g/mol. The van der Waals surface area contributed by atoms with Crippen LogP contribution < -0.4 is 5.32 Å². The van der Waals surface area contributed by atoms with Crippen LogP contribution in [0.2, 0.25) is 5.02 Å². The normalized spacial score (nSPS) is 27.5. The van der Waals surface area contributed by atoms with Crippen LogP contribution in [0.25, 0.3) is 0 Å². The average Bonchev–Trinajstić information content (AvgIpc) is 2.67. The van der Waals surface area contributed by atoms with E-state index in [4.69, 9.17) is 11.6 Å². The van der Waals surface area contributed by atoms with Crippen molar-refractivity contribution in [1.82, 2.24) is 9.62 Å². The van der Waals surface area contributed by atoms with Crippen LogP contribution in [0.1, 0.15) is 19.3 Å². The van der Waals surface area contributed by atoms with E-state index in [1.54, 1.807) is 22.5 Å². The molecule has 1 N–H and O–H groups in total. The summed E-state index contributed by atoms with van der Waals surface area (Å²) in [6, 6.07) is 5.77. The Balaban J connectivity index is 1.95. The Morgan fingerprint density at radius 2 is 2.00 bits per heavy atom. The fourth-order valence-electron chi connectivity index (χ4n) is 2.99. The molecule has 2 unspecified atom stereocenters. The number of hydrogen-bond acceptors (Lipinski definition) is 3. The first-order valence-electron chi connectivity index (χ1n) is 6.68. The molecule has 1 aromatic rings. The van der Waals surface area contributed by atoms with Gasteiger partial charge in [0, 0.05) is 29.6 Å². The maximum Gasteiger partial charge on any atom is 0.245 e. The molecular weight excluding hydrogens is 364 g/mol. The van der Waals surface area contributed by atoms with Gasteiger partial charge in [0.2, 0.25) is 10.0 Å². The molecule has 3 rings (SSSR count). The molecule has 110 valence electrons. The Kier molecular flexibility index (Phi) is 4.12. The van der Waals surface area contributed by atoms with Crippen molar-refractivity contribution in [2.45, 2.75) is 36.2 Å². The molecule has 2 atom stereocenters. The van der Waals surface area contributed by atoms with Crippen molar-refractivity contribution in [3.05, 3.63) is 27.7 Å². The number of sulfonamides is 1. The highest BCUT2D eigenvalue weighted by Gasteiger charge is 2.36. The van der Waals surface area contributed by atoms with Gasteiger partial charge in [-0.2, -0.15) is 4.31 Å². The molecule has 2 aliphatic heterocycles. The van der Waals surface area contributed by atoms with E-state index in [1.807, 2.05) is 0 Å². The molecule has 2 heterocycles. The summed E-state index contributed by atoms with van der Waals surface area (Å²) in [7, 11) is -3.55. The van der Waals surface area contributed by atoms with Gasteiger partial charge < -0.3 is 5.32 Å². The standard InChI is InChI=1S/C13H16BrClN2O2S/c14-11-2-1-3-12(15)13(11)20(18,19)17-7-6-9-4-5-10(8-17)16-9/h1-3,9-10,16H,4-8H2. The lowest BCUT2D eigenvalue weighted by Crippen LogP contribution is -2.39. The Morgan fingerprint density at radius 3 is 2.75 bits per heavy atom. The first kappa shape index (κ1) is 14.8. The van der Waals surface area contributed by atoms with Gasteiger partial charge in [-0.25, -0.2) is 8.42 Å². The van der Waals surface area contributed by atoms with Gasteiger partial charge >= 0.3 is 0 Å². The van der Waals surface area contributed by atoms with E-state index in [0.717, 1.165) is 19.3 Å². The molecular formula is C13H16BrClN2O2S. The van der Waals surface area contributed by atoms with Crippen molar-refractivity contribution in [1.29, 1.82) is 0 Å². The summed E-state index contributed by atoms with van der Waals surface area (Å²) in [6.07, 6.45) is 3.05. The Hall–Kier alpha value is -0.140. The van der Waals surface area contributed by atoms with Gasteiger partial charge in [-0.1, -0.05) is 17.7 Å². The molecule has 1 aromatic carbocycles. The first-order chi connectivity index (χ1) is 9.48. The van der Waals surface area contributed by atoms with Gasteiger partial charge in [0.25, 0.3) is 0 Å². The van der Waals surface area contributed by atoms with Crippen LogP contribution in [0.3, 0.4) is 0 Å². The molecule has 0 radical (unpaired) electrons. The van der Waals surface area contributed by atoms with Crippen LogP contribution in [0.5, 0.6) is 0 Å². The van der Waals surface area contributed by atoms with Crippen LogP contribution >= 0.6 is 27.5 Å². The number of hydrogen-bond donors (Lipinski definition) is 1. The van der Waals surface area contributed by atoms with Crippen LogP contribution in [-0.2, 0) is 10.0 Å². The van der Waals surface area contributed by atoms with Gasteiger partial charge in [0.1, 0.15) is 4.90 Å². The molecule has 2 saturated heterocycles. The number of halogens is 2. The number of nitrogens with zero attached hydrogens (tertiary/aromatic N) is 1. The SMILES string of the molecule is O=S(=O)(c1c(Cl)cccc1Br)N1CCC2CCC(C1)N2. The van der Waals surface area contributed by atoms with E-state index in [-0.39, 0.29) is 16.0 Å². The molecule has 2 bridgehead atoms.